The van der Waals surface area contributed by atoms with Gasteiger partial charge in [0.1, 0.15) is 17.5 Å². The summed E-state index contributed by atoms with van der Waals surface area (Å²) in [5.41, 5.74) is 2.64. The van der Waals surface area contributed by atoms with Crippen LogP contribution in [0.2, 0.25) is 0 Å². The Balaban J connectivity index is 1.36. The molecule has 0 N–H and O–H groups in total. The van der Waals surface area contributed by atoms with E-state index in [-0.39, 0.29) is 12.0 Å². The number of carbonyl (C=O) groups excluding carboxylic acids is 1. The smallest absolute Gasteiger partial charge is 0.274 e. The van der Waals surface area contributed by atoms with Crippen LogP contribution in [0.5, 0.6) is 5.75 Å². The zero-order valence-corrected chi connectivity index (χ0v) is 16.1. The van der Waals surface area contributed by atoms with Crippen LogP contribution < -0.4 is 4.74 Å². The van der Waals surface area contributed by atoms with Crippen molar-refractivity contribution < 1.29 is 9.53 Å². The van der Waals surface area contributed by atoms with Crippen molar-refractivity contribution >= 4 is 5.91 Å². The number of hydrogen-bond acceptors (Lipinski definition) is 5. The lowest BCUT2D eigenvalue weighted by molar-refractivity contribution is 0.0587. The van der Waals surface area contributed by atoms with E-state index in [0.717, 1.165) is 29.7 Å². The fourth-order valence-corrected chi connectivity index (χ4v) is 3.44. The number of piperidine rings is 1. The van der Waals surface area contributed by atoms with Crippen molar-refractivity contribution in [1.29, 1.82) is 0 Å². The monoisotopic (exact) mass is 377 g/mol. The number of hydrogen-bond donors (Lipinski definition) is 0. The van der Waals surface area contributed by atoms with E-state index in [2.05, 4.69) is 41.0 Å². The standard InChI is InChI=1S/C21H23N5O2/c1-15-5-3-6-16(2)20(15)28-17-7-11-25(12-8-17)21(27)18-13-23-19(14-22-18)26-10-4-9-24-26/h3-6,9-10,13-14,17H,7-8,11-12H2,1-2H3. The number of aryl methyl sites for hydroxylation is 2. The highest BCUT2D eigenvalue weighted by Crippen LogP contribution is 2.26. The van der Waals surface area contributed by atoms with E-state index in [1.807, 2.05) is 17.0 Å². The molecule has 0 radical (unpaired) electrons. The normalized spacial score (nSPS) is 14.9. The molecule has 1 amide bonds. The molecular weight excluding hydrogens is 354 g/mol. The summed E-state index contributed by atoms with van der Waals surface area (Å²) in [4.78, 5) is 23.1. The Morgan fingerprint density at radius 3 is 2.43 bits per heavy atom. The van der Waals surface area contributed by atoms with Gasteiger partial charge in [-0.05, 0) is 31.0 Å². The predicted octanol–water partition coefficient (Wildman–Crippen LogP) is 2.96. The fraction of sp³-hybridized carbons (Fsp3) is 0.333. The topological polar surface area (TPSA) is 73.1 Å². The molecule has 1 saturated heterocycles. The van der Waals surface area contributed by atoms with Crippen molar-refractivity contribution in [1.82, 2.24) is 24.6 Å². The van der Waals surface area contributed by atoms with Crippen molar-refractivity contribution in [3.05, 3.63) is 65.9 Å². The highest BCUT2D eigenvalue weighted by Gasteiger charge is 2.26. The van der Waals surface area contributed by atoms with Gasteiger partial charge in [0, 0.05) is 38.3 Å². The van der Waals surface area contributed by atoms with Crippen molar-refractivity contribution in [2.75, 3.05) is 13.1 Å². The zero-order chi connectivity index (χ0) is 19.5. The Bertz CT molecular complexity index is 925. The lowest BCUT2D eigenvalue weighted by Crippen LogP contribution is -2.42. The quantitative estimate of drug-likeness (QED) is 0.699. The molecule has 0 aliphatic carbocycles. The molecule has 1 fully saturated rings. The third-order valence-electron chi connectivity index (χ3n) is 5.02. The number of carbonyl (C=O) groups is 1. The van der Waals surface area contributed by atoms with Crippen LogP contribution in [0.1, 0.15) is 34.5 Å². The van der Waals surface area contributed by atoms with Crippen molar-refractivity contribution in [3.8, 4) is 11.6 Å². The molecule has 7 heteroatoms. The van der Waals surface area contributed by atoms with Gasteiger partial charge in [0.05, 0.1) is 12.4 Å². The van der Waals surface area contributed by atoms with Crippen LogP contribution in [0.3, 0.4) is 0 Å². The fourth-order valence-electron chi connectivity index (χ4n) is 3.44. The molecule has 144 valence electrons. The number of ether oxygens (including phenoxy) is 1. The maximum absolute atomic E-state index is 12.7. The number of rotatable bonds is 4. The highest BCUT2D eigenvalue weighted by atomic mass is 16.5. The molecule has 0 bridgehead atoms. The number of amides is 1. The van der Waals surface area contributed by atoms with Crippen LogP contribution in [0.25, 0.3) is 5.82 Å². The lowest BCUT2D eigenvalue weighted by Gasteiger charge is -2.32. The van der Waals surface area contributed by atoms with E-state index in [4.69, 9.17) is 4.74 Å². The van der Waals surface area contributed by atoms with E-state index in [0.29, 0.717) is 24.6 Å². The number of likely N-dealkylation sites (tertiary alicyclic amines) is 1. The van der Waals surface area contributed by atoms with Gasteiger partial charge in [0.25, 0.3) is 5.91 Å². The minimum absolute atomic E-state index is 0.0926. The summed E-state index contributed by atoms with van der Waals surface area (Å²) in [7, 11) is 0. The van der Waals surface area contributed by atoms with Crippen LogP contribution in [-0.4, -0.2) is 49.7 Å². The van der Waals surface area contributed by atoms with Crippen molar-refractivity contribution in [2.24, 2.45) is 0 Å². The van der Waals surface area contributed by atoms with Crippen molar-refractivity contribution in [2.45, 2.75) is 32.8 Å². The number of benzene rings is 1. The third-order valence-corrected chi connectivity index (χ3v) is 5.02. The summed E-state index contributed by atoms with van der Waals surface area (Å²) in [6.45, 7) is 5.42. The summed E-state index contributed by atoms with van der Waals surface area (Å²) in [6.07, 6.45) is 8.27. The molecule has 1 aromatic carbocycles. The van der Waals surface area contributed by atoms with Crippen LogP contribution in [0.4, 0.5) is 0 Å². The molecule has 0 spiro atoms. The molecule has 0 atom stereocenters. The van der Waals surface area contributed by atoms with Gasteiger partial charge in [-0.1, -0.05) is 18.2 Å². The predicted molar refractivity (Wildman–Crippen MR) is 105 cm³/mol. The zero-order valence-electron chi connectivity index (χ0n) is 16.1. The molecule has 1 aliphatic rings. The van der Waals surface area contributed by atoms with Gasteiger partial charge in [-0.15, -0.1) is 0 Å². The van der Waals surface area contributed by atoms with Crippen LogP contribution in [0, 0.1) is 13.8 Å². The Kier molecular flexibility index (Phi) is 5.06. The number of nitrogens with zero attached hydrogens (tertiary/aromatic N) is 5. The molecule has 28 heavy (non-hydrogen) atoms. The molecule has 3 aromatic rings. The van der Waals surface area contributed by atoms with Gasteiger partial charge in [0.2, 0.25) is 0 Å². The first-order valence-electron chi connectivity index (χ1n) is 9.46. The first-order valence-corrected chi connectivity index (χ1v) is 9.46. The Morgan fingerprint density at radius 1 is 1.07 bits per heavy atom. The first kappa shape index (κ1) is 18.2. The molecule has 3 heterocycles. The third kappa shape index (κ3) is 3.74. The van der Waals surface area contributed by atoms with Crippen molar-refractivity contribution in [3.63, 3.8) is 0 Å². The van der Waals surface area contributed by atoms with Gasteiger partial charge in [-0.25, -0.2) is 14.6 Å². The van der Waals surface area contributed by atoms with Crippen LogP contribution in [-0.2, 0) is 0 Å². The minimum atomic E-state index is -0.0926. The highest BCUT2D eigenvalue weighted by molar-refractivity contribution is 5.92. The van der Waals surface area contributed by atoms with Crippen LogP contribution in [0.15, 0.2) is 49.1 Å². The van der Waals surface area contributed by atoms with Gasteiger partial charge in [-0.2, -0.15) is 5.10 Å². The molecule has 7 nitrogen and oxygen atoms in total. The maximum Gasteiger partial charge on any atom is 0.274 e. The average Bonchev–Trinajstić information content (AvgIpc) is 3.26. The molecule has 4 rings (SSSR count). The summed E-state index contributed by atoms with van der Waals surface area (Å²) < 4.78 is 7.84. The minimum Gasteiger partial charge on any atom is -0.490 e. The molecule has 0 saturated carbocycles. The molecule has 1 aliphatic heterocycles. The number of para-hydroxylation sites is 1. The van der Waals surface area contributed by atoms with E-state index < -0.39 is 0 Å². The SMILES string of the molecule is Cc1cccc(C)c1OC1CCN(C(=O)c2cnc(-n3cccn3)cn2)CC1. The van der Waals surface area contributed by atoms with Gasteiger partial charge >= 0.3 is 0 Å². The molecular formula is C21H23N5O2. The molecule has 2 aromatic heterocycles. The first-order chi connectivity index (χ1) is 13.6. The van der Waals surface area contributed by atoms with Gasteiger partial charge in [-0.3, -0.25) is 4.79 Å². The second-order valence-electron chi connectivity index (χ2n) is 7.04. The summed E-state index contributed by atoms with van der Waals surface area (Å²) in [6, 6.07) is 7.97. The van der Waals surface area contributed by atoms with Crippen LogP contribution >= 0.6 is 0 Å². The summed E-state index contributed by atoms with van der Waals surface area (Å²) in [5, 5.41) is 4.11. The molecule has 0 unspecified atom stereocenters. The number of aromatic nitrogens is 4. The van der Waals surface area contributed by atoms with E-state index in [1.54, 1.807) is 23.3 Å². The lowest BCUT2D eigenvalue weighted by atomic mass is 10.1. The Hall–Kier alpha value is -3.22. The second kappa shape index (κ2) is 7.80. The van der Waals surface area contributed by atoms with E-state index in [9.17, 15) is 4.79 Å². The summed E-state index contributed by atoms with van der Waals surface area (Å²) >= 11 is 0. The maximum atomic E-state index is 12.7. The van der Waals surface area contributed by atoms with Gasteiger partial charge < -0.3 is 9.64 Å². The Labute approximate surface area is 164 Å². The summed E-state index contributed by atoms with van der Waals surface area (Å²) in [5.74, 6) is 1.46. The Morgan fingerprint density at radius 2 is 1.82 bits per heavy atom. The second-order valence-corrected chi connectivity index (χ2v) is 7.04. The van der Waals surface area contributed by atoms with E-state index >= 15 is 0 Å². The largest absolute Gasteiger partial charge is 0.490 e. The van der Waals surface area contributed by atoms with E-state index in [1.165, 1.54) is 6.20 Å². The average molecular weight is 377 g/mol. The van der Waals surface area contributed by atoms with Gasteiger partial charge in [0.15, 0.2) is 5.82 Å².